The Morgan fingerprint density at radius 2 is 1.74 bits per heavy atom. The second-order valence-electron chi connectivity index (χ2n) is 8.64. The van der Waals surface area contributed by atoms with Crippen LogP contribution >= 0.6 is 0 Å². The lowest BCUT2D eigenvalue weighted by molar-refractivity contribution is -0.139. The van der Waals surface area contributed by atoms with Crippen molar-refractivity contribution in [1.82, 2.24) is 19.5 Å². The minimum absolute atomic E-state index is 0.0586. The van der Waals surface area contributed by atoms with Gasteiger partial charge in [0, 0.05) is 29.9 Å². The van der Waals surface area contributed by atoms with Crippen LogP contribution in [0.15, 0.2) is 72.9 Å². The van der Waals surface area contributed by atoms with E-state index in [4.69, 9.17) is 15.8 Å². The smallest absolute Gasteiger partial charge is 0.416 e. The number of nitrogen functional groups attached to an aromatic ring is 1. The van der Waals surface area contributed by atoms with E-state index in [2.05, 4.69) is 9.97 Å². The molecule has 39 heavy (non-hydrogen) atoms. The highest BCUT2D eigenvalue weighted by atomic mass is 19.4. The number of carboxylic acid groups (broad SMARTS) is 1. The quantitative estimate of drug-likeness (QED) is 0.246. The van der Waals surface area contributed by atoms with Gasteiger partial charge in [-0.1, -0.05) is 42.5 Å². The van der Waals surface area contributed by atoms with Crippen molar-refractivity contribution in [2.75, 3.05) is 5.73 Å². The van der Waals surface area contributed by atoms with Gasteiger partial charge in [0.05, 0.1) is 35.6 Å². The van der Waals surface area contributed by atoms with Crippen molar-refractivity contribution in [1.29, 1.82) is 0 Å². The number of rotatable bonds is 9. The van der Waals surface area contributed by atoms with Crippen LogP contribution in [0.3, 0.4) is 0 Å². The number of aliphatic hydroxyl groups excluding tert-OH is 2. The first-order valence-electron chi connectivity index (χ1n) is 11.7. The molecule has 0 bridgehead atoms. The van der Waals surface area contributed by atoms with E-state index in [1.807, 2.05) is 0 Å². The van der Waals surface area contributed by atoms with Gasteiger partial charge in [-0.3, -0.25) is 9.36 Å². The molecule has 0 fully saturated rings. The third-order valence-corrected chi connectivity index (χ3v) is 5.70. The molecule has 0 saturated carbocycles. The molecule has 5 N–H and O–H groups in total. The highest BCUT2D eigenvalue weighted by Gasteiger charge is 2.31. The summed E-state index contributed by atoms with van der Waals surface area (Å²) >= 11 is 0. The number of benzene rings is 2. The average Bonchev–Trinajstić information content (AvgIpc) is 3.26. The van der Waals surface area contributed by atoms with E-state index < -0.39 is 36.3 Å². The predicted molar refractivity (Wildman–Crippen MR) is 138 cm³/mol. The highest BCUT2D eigenvalue weighted by molar-refractivity contribution is 5.83. The first-order valence-corrected chi connectivity index (χ1v) is 11.7. The lowest BCUT2D eigenvalue weighted by atomic mass is 10.0. The molecule has 0 aliphatic carbocycles. The summed E-state index contributed by atoms with van der Waals surface area (Å²) in [6.07, 6.45) is -3.88. The zero-order chi connectivity index (χ0) is 28.2. The summed E-state index contributed by atoms with van der Waals surface area (Å²) in [7, 11) is 0. The molecule has 0 amide bonds. The van der Waals surface area contributed by atoms with Crippen LogP contribution in [-0.4, -0.2) is 53.0 Å². The highest BCUT2D eigenvalue weighted by Crippen LogP contribution is 2.38. The largest absolute Gasteiger partial charge is 0.481 e. The number of hydrogen-bond donors (Lipinski definition) is 4. The fraction of sp³-hybridized carbons (Fsp3) is 0.185. The van der Waals surface area contributed by atoms with Gasteiger partial charge in [0.15, 0.2) is 0 Å². The molecule has 2 heterocycles. The second-order valence-corrected chi connectivity index (χ2v) is 8.64. The first-order chi connectivity index (χ1) is 18.5. The lowest BCUT2D eigenvalue weighted by Crippen LogP contribution is -2.19. The maximum Gasteiger partial charge on any atom is 0.416 e. The third-order valence-electron chi connectivity index (χ3n) is 5.70. The van der Waals surface area contributed by atoms with Crippen molar-refractivity contribution in [3.8, 4) is 34.0 Å². The van der Waals surface area contributed by atoms with Crippen LogP contribution in [0.4, 0.5) is 19.1 Å². The van der Waals surface area contributed by atoms with E-state index in [0.717, 1.165) is 12.1 Å². The lowest BCUT2D eigenvalue weighted by Gasteiger charge is -2.14. The molecule has 0 radical (unpaired) electrons. The molecule has 2 aromatic carbocycles. The fourth-order valence-electron chi connectivity index (χ4n) is 4.00. The van der Waals surface area contributed by atoms with Gasteiger partial charge in [0.25, 0.3) is 0 Å². The van der Waals surface area contributed by atoms with Crippen molar-refractivity contribution < 1.29 is 33.3 Å². The Labute approximate surface area is 220 Å². The summed E-state index contributed by atoms with van der Waals surface area (Å²) in [5, 5.41) is 29.2. The molecule has 2 atom stereocenters. The molecule has 12 heteroatoms. The number of carboxylic acids is 1. The third kappa shape index (κ3) is 6.67. The topological polar surface area (TPSA) is 147 Å². The van der Waals surface area contributed by atoms with Crippen molar-refractivity contribution in [3.05, 3.63) is 78.5 Å². The van der Waals surface area contributed by atoms with Gasteiger partial charge in [0.2, 0.25) is 5.95 Å². The molecular formula is C27H24F3N5O4. The van der Waals surface area contributed by atoms with E-state index >= 15 is 0 Å². The number of imidazole rings is 1. The molecule has 0 aliphatic heterocycles. The normalized spacial score (nSPS) is 13.5. The van der Waals surface area contributed by atoms with Crippen LogP contribution in [0.1, 0.15) is 18.4 Å². The summed E-state index contributed by atoms with van der Waals surface area (Å²) < 4.78 is 42.4. The molecule has 202 valence electrons. The number of aromatic nitrogens is 4. The Bertz CT molecular complexity index is 1490. The molecule has 0 spiro atoms. The summed E-state index contributed by atoms with van der Waals surface area (Å²) in [5.41, 5.74) is 6.39. The van der Waals surface area contributed by atoms with Crippen LogP contribution in [0.25, 0.3) is 40.2 Å². The van der Waals surface area contributed by atoms with Gasteiger partial charge in [-0.15, -0.1) is 0 Å². The molecule has 2 aromatic heterocycles. The van der Waals surface area contributed by atoms with Gasteiger partial charge in [-0.05, 0) is 24.3 Å². The summed E-state index contributed by atoms with van der Waals surface area (Å²) in [6.45, 7) is 0. The van der Waals surface area contributed by atoms with E-state index in [9.17, 15) is 28.2 Å². The molecule has 0 unspecified atom stereocenters. The zero-order valence-corrected chi connectivity index (χ0v) is 20.3. The second kappa shape index (κ2) is 11.5. The Hall–Kier alpha value is -4.55. The molecule has 0 aliphatic rings. The van der Waals surface area contributed by atoms with Crippen molar-refractivity contribution >= 4 is 18.1 Å². The van der Waals surface area contributed by atoms with E-state index in [1.54, 1.807) is 30.3 Å². The number of hydrogen-bond acceptors (Lipinski definition) is 7. The standard InChI is InChI=1S/C27H24F3N5O4/c28-27(29,30)18-8-4-7-17(13-18)24-23(21-9-11-32-26(31)33-21)34-25(16-5-2-1-3-6-16)35(24)12-10-19(36)14-20(37)15-22(38)39/h1-13,19-20,36-37H,14-15H2,(H,38,39)(H2,31,32,33)/t19-,20-/m1/s1. The first kappa shape index (κ1) is 27.5. The van der Waals surface area contributed by atoms with E-state index in [-0.39, 0.29) is 35.0 Å². The maximum atomic E-state index is 13.6. The number of halogens is 3. The number of aliphatic carboxylic acids is 1. The Kier molecular flexibility index (Phi) is 8.07. The Balaban J connectivity index is 1.93. The Morgan fingerprint density at radius 1 is 1.03 bits per heavy atom. The van der Waals surface area contributed by atoms with Crippen LogP contribution in [0.2, 0.25) is 0 Å². The van der Waals surface area contributed by atoms with E-state index in [0.29, 0.717) is 11.4 Å². The maximum absolute atomic E-state index is 13.6. The number of anilines is 1. The summed E-state index contributed by atoms with van der Waals surface area (Å²) in [6, 6.07) is 15.1. The SMILES string of the molecule is Nc1nccc(-c2nc(-c3ccccc3)n(C=C[C@@H](O)C[C@@H](O)CC(=O)O)c2-c2cccc(C(F)(F)F)c2)n1. The van der Waals surface area contributed by atoms with Crippen molar-refractivity contribution in [3.63, 3.8) is 0 Å². The minimum Gasteiger partial charge on any atom is -0.481 e. The van der Waals surface area contributed by atoms with Crippen LogP contribution in [-0.2, 0) is 11.0 Å². The molecule has 4 aromatic rings. The van der Waals surface area contributed by atoms with Crippen molar-refractivity contribution in [2.24, 2.45) is 0 Å². The minimum atomic E-state index is -4.60. The number of aliphatic hydroxyl groups is 2. The molecule has 9 nitrogen and oxygen atoms in total. The summed E-state index contributed by atoms with van der Waals surface area (Å²) in [5.74, 6) is -0.957. The molecule has 4 rings (SSSR count). The van der Waals surface area contributed by atoms with Crippen LogP contribution in [0.5, 0.6) is 0 Å². The van der Waals surface area contributed by atoms with Crippen LogP contribution < -0.4 is 5.73 Å². The predicted octanol–water partition coefficient (Wildman–Crippen LogP) is 4.33. The molecule has 0 saturated heterocycles. The number of nitrogens with two attached hydrogens (primary N) is 1. The zero-order valence-electron chi connectivity index (χ0n) is 20.3. The van der Waals surface area contributed by atoms with Gasteiger partial charge >= 0.3 is 12.1 Å². The monoisotopic (exact) mass is 539 g/mol. The van der Waals surface area contributed by atoms with Gasteiger partial charge in [-0.2, -0.15) is 13.2 Å². The van der Waals surface area contributed by atoms with Crippen molar-refractivity contribution in [2.45, 2.75) is 31.2 Å². The Morgan fingerprint density at radius 3 is 2.41 bits per heavy atom. The van der Waals surface area contributed by atoms with E-state index in [1.165, 1.54) is 41.2 Å². The van der Waals surface area contributed by atoms with Gasteiger partial charge in [0.1, 0.15) is 11.5 Å². The number of nitrogens with zero attached hydrogens (tertiary/aromatic N) is 4. The number of alkyl halides is 3. The van der Waals surface area contributed by atoms with Gasteiger partial charge in [-0.25, -0.2) is 15.0 Å². The van der Waals surface area contributed by atoms with Gasteiger partial charge < -0.3 is 21.1 Å². The number of carbonyl (C=O) groups is 1. The fourth-order valence-corrected chi connectivity index (χ4v) is 4.00. The van der Waals surface area contributed by atoms with Crippen LogP contribution in [0, 0.1) is 0 Å². The average molecular weight is 540 g/mol. The molecular weight excluding hydrogens is 515 g/mol. The summed E-state index contributed by atoms with van der Waals surface area (Å²) in [4.78, 5) is 23.7.